The third-order valence-electron chi connectivity index (χ3n) is 4.42. The van der Waals surface area contributed by atoms with E-state index in [4.69, 9.17) is 4.43 Å². The van der Waals surface area contributed by atoms with Crippen LogP contribution >= 0.6 is 0 Å². The van der Waals surface area contributed by atoms with Crippen molar-refractivity contribution < 1.29 is 9.53 Å². The molecule has 0 aromatic heterocycles. The summed E-state index contributed by atoms with van der Waals surface area (Å²) in [5.74, 6) is 0. The van der Waals surface area contributed by atoms with Crippen molar-refractivity contribution in [1.29, 1.82) is 0 Å². The van der Waals surface area contributed by atoms with E-state index < -0.39 is 8.32 Å². The molecule has 2 aromatic rings. The van der Waals surface area contributed by atoms with Gasteiger partial charge in [0.25, 0.3) is 8.32 Å². The first-order chi connectivity index (χ1) is 11.0. The molecule has 0 radical (unpaired) electrons. The van der Waals surface area contributed by atoms with Crippen LogP contribution in [0.4, 0.5) is 0 Å². The van der Waals surface area contributed by atoms with E-state index in [1.54, 1.807) is 0 Å². The van der Waals surface area contributed by atoms with Crippen molar-refractivity contribution in [1.82, 2.24) is 0 Å². The van der Waals surface area contributed by atoms with E-state index in [1.807, 2.05) is 12.1 Å². The summed E-state index contributed by atoms with van der Waals surface area (Å²) in [6.45, 7) is 8.88. The second-order valence-electron chi connectivity index (χ2n) is 6.99. The molecule has 0 spiro atoms. The van der Waals surface area contributed by atoms with Gasteiger partial charge in [0.15, 0.2) is 0 Å². The van der Waals surface area contributed by atoms with Gasteiger partial charge in [0, 0.05) is 0 Å². The first-order valence-electron chi connectivity index (χ1n) is 8.35. The number of hydrogen-bond acceptors (Lipinski definition) is 2. The van der Waals surface area contributed by atoms with Crippen LogP contribution in [0, 0.1) is 0 Å². The minimum Gasteiger partial charge on any atom is -0.402 e. The molecule has 0 aliphatic heterocycles. The summed E-state index contributed by atoms with van der Waals surface area (Å²) in [5.41, 5.74) is 0. The Morgan fingerprint density at radius 2 is 1.35 bits per heavy atom. The molecule has 2 aromatic carbocycles. The van der Waals surface area contributed by atoms with Crippen LogP contribution < -0.4 is 10.4 Å². The van der Waals surface area contributed by atoms with Gasteiger partial charge in [0.2, 0.25) is 0 Å². The lowest BCUT2D eigenvalue weighted by molar-refractivity contribution is 0.104. The summed E-state index contributed by atoms with van der Waals surface area (Å²) in [7, 11) is -2.51. The minimum atomic E-state index is -2.51. The Hall–Kier alpha value is -1.42. The average Bonchev–Trinajstić information content (AvgIpc) is 2.57. The van der Waals surface area contributed by atoms with Crippen LogP contribution in [0.2, 0.25) is 5.04 Å². The van der Waals surface area contributed by atoms with Crippen molar-refractivity contribution in [2.45, 2.75) is 45.3 Å². The molecule has 0 aliphatic carbocycles. The van der Waals surface area contributed by atoms with Crippen LogP contribution in [0.25, 0.3) is 0 Å². The maximum absolute atomic E-state index is 9.75. The lowest BCUT2D eigenvalue weighted by atomic mass is 10.2. The van der Waals surface area contributed by atoms with E-state index in [2.05, 4.69) is 76.2 Å². The Labute approximate surface area is 141 Å². The van der Waals surface area contributed by atoms with E-state index in [-0.39, 0.29) is 17.7 Å². The number of rotatable bonds is 6. The van der Waals surface area contributed by atoms with E-state index >= 15 is 0 Å². The van der Waals surface area contributed by atoms with Crippen molar-refractivity contribution >= 4 is 18.7 Å². The third kappa shape index (κ3) is 3.57. The molecule has 3 heteroatoms. The van der Waals surface area contributed by atoms with Crippen molar-refractivity contribution in [3.63, 3.8) is 0 Å². The monoisotopic (exact) mass is 328 g/mol. The van der Waals surface area contributed by atoms with Crippen LogP contribution in [-0.4, -0.2) is 26.1 Å². The van der Waals surface area contributed by atoms with Gasteiger partial charge < -0.3 is 9.53 Å². The second kappa shape index (κ2) is 7.43. The van der Waals surface area contributed by atoms with Crippen LogP contribution in [0.1, 0.15) is 34.1 Å². The summed E-state index contributed by atoms with van der Waals surface area (Å²) in [4.78, 5) is 0. The summed E-state index contributed by atoms with van der Waals surface area (Å²) in [6.07, 6.45) is 0.669. The van der Waals surface area contributed by atoms with Crippen molar-refractivity contribution in [2.24, 2.45) is 0 Å². The topological polar surface area (TPSA) is 29.5 Å². The van der Waals surface area contributed by atoms with Crippen molar-refractivity contribution in [3.8, 4) is 0 Å². The fourth-order valence-corrected chi connectivity index (χ4v) is 7.95. The van der Waals surface area contributed by atoms with E-state index in [0.29, 0.717) is 0 Å². The fourth-order valence-electron chi connectivity index (χ4n) is 3.19. The number of hydrogen-bond donors (Lipinski definition) is 1. The molecule has 0 heterocycles. The average molecular weight is 329 g/mol. The Kier molecular flexibility index (Phi) is 5.79. The van der Waals surface area contributed by atoms with E-state index in [1.165, 1.54) is 10.4 Å². The minimum absolute atomic E-state index is 0.0434. The smallest absolute Gasteiger partial charge is 0.261 e. The lowest BCUT2D eigenvalue weighted by Gasteiger charge is -2.44. The second-order valence-corrected chi connectivity index (χ2v) is 11.2. The zero-order chi connectivity index (χ0) is 16.9. The maximum atomic E-state index is 9.75. The molecule has 1 atom stereocenters. The normalized spacial score (nSPS) is 13.8. The van der Waals surface area contributed by atoms with Gasteiger partial charge in [0.1, 0.15) is 0 Å². The first-order valence-corrected chi connectivity index (χ1v) is 10.3. The Morgan fingerprint density at radius 3 is 1.65 bits per heavy atom. The highest BCUT2D eigenvalue weighted by Crippen LogP contribution is 2.37. The quantitative estimate of drug-likeness (QED) is 0.824. The molecule has 23 heavy (non-hydrogen) atoms. The van der Waals surface area contributed by atoms with Gasteiger partial charge in [-0.2, -0.15) is 0 Å². The summed E-state index contributed by atoms with van der Waals surface area (Å²) in [6, 6.07) is 21.1. The van der Waals surface area contributed by atoms with Gasteiger partial charge in [-0.1, -0.05) is 88.4 Å². The predicted octanol–water partition coefficient (Wildman–Crippen LogP) is 3.33. The highest BCUT2D eigenvalue weighted by Gasteiger charge is 2.51. The van der Waals surface area contributed by atoms with Crippen LogP contribution in [0.5, 0.6) is 0 Å². The Balaban J connectivity index is 2.69. The molecule has 2 nitrogen and oxygen atoms in total. The van der Waals surface area contributed by atoms with Crippen LogP contribution in [-0.2, 0) is 4.43 Å². The summed E-state index contributed by atoms with van der Waals surface area (Å²) >= 11 is 0. The molecule has 0 saturated heterocycles. The number of aliphatic hydroxyl groups is 1. The SMILES string of the molecule is CC[C@H](CO)O[Si](c1ccccc1)(c1ccccc1)C(C)(C)C. The van der Waals surface area contributed by atoms with Gasteiger partial charge in [-0.3, -0.25) is 0 Å². The van der Waals surface area contributed by atoms with Crippen molar-refractivity contribution in [3.05, 3.63) is 60.7 Å². The summed E-state index contributed by atoms with van der Waals surface area (Å²) in [5, 5.41) is 12.2. The Bertz CT molecular complexity index is 547. The molecular formula is C20H28O2Si. The fraction of sp³-hybridized carbons (Fsp3) is 0.400. The van der Waals surface area contributed by atoms with Gasteiger partial charge in [-0.05, 0) is 21.8 Å². The van der Waals surface area contributed by atoms with Gasteiger partial charge in [-0.15, -0.1) is 0 Å². The lowest BCUT2D eigenvalue weighted by Crippen LogP contribution is -2.68. The van der Waals surface area contributed by atoms with Crippen molar-refractivity contribution in [2.75, 3.05) is 6.61 Å². The molecule has 0 unspecified atom stereocenters. The molecule has 0 amide bonds. The summed E-state index contributed by atoms with van der Waals surface area (Å²) < 4.78 is 6.76. The third-order valence-corrected chi connectivity index (χ3v) is 9.51. The largest absolute Gasteiger partial charge is 0.402 e. The molecule has 0 saturated carbocycles. The van der Waals surface area contributed by atoms with Crippen LogP contribution in [0.3, 0.4) is 0 Å². The molecule has 0 fully saturated rings. The molecule has 0 bridgehead atoms. The number of benzene rings is 2. The highest BCUT2D eigenvalue weighted by molar-refractivity contribution is 6.99. The molecule has 124 valence electrons. The first kappa shape index (κ1) is 17.9. The van der Waals surface area contributed by atoms with E-state index in [0.717, 1.165) is 6.42 Å². The molecule has 1 N–H and O–H groups in total. The van der Waals surface area contributed by atoms with Gasteiger partial charge in [-0.25, -0.2) is 0 Å². The van der Waals surface area contributed by atoms with Gasteiger partial charge in [0.05, 0.1) is 12.7 Å². The molecule has 2 rings (SSSR count). The highest BCUT2D eigenvalue weighted by atomic mass is 28.4. The standard InChI is InChI=1S/C20H28O2Si/c1-5-17(16-21)22-23(20(2,3)4,18-12-8-6-9-13-18)19-14-10-7-11-15-19/h6-15,17,21H,5,16H2,1-4H3/t17-/m1/s1. The van der Waals surface area contributed by atoms with E-state index in [9.17, 15) is 5.11 Å². The molecular weight excluding hydrogens is 300 g/mol. The van der Waals surface area contributed by atoms with Gasteiger partial charge >= 0.3 is 0 Å². The predicted molar refractivity (Wildman–Crippen MR) is 99.9 cm³/mol. The van der Waals surface area contributed by atoms with Crippen LogP contribution in [0.15, 0.2) is 60.7 Å². The zero-order valence-corrected chi connectivity index (χ0v) is 15.6. The number of aliphatic hydroxyl groups excluding tert-OH is 1. The Morgan fingerprint density at radius 1 is 0.913 bits per heavy atom. The maximum Gasteiger partial charge on any atom is 0.261 e. The zero-order valence-electron chi connectivity index (χ0n) is 14.6. The molecule has 0 aliphatic rings.